The fourth-order valence-electron chi connectivity index (χ4n) is 1.94. The van der Waals surface area contributed by atoms with Gasteiger partial charge < -0.3 is 9.84 Å². The summed E-state index contributed by atoms with van der Waals surface area (Å²) in [7, 11) is -1.96. The minimum atomic E-state index is -3.39. The number of hydrogen-bond donors (Lipinski definition) is 1. The third-order valence-electron chi connectivity index (χ3n) is 2.92. The molecule has 2 atom stereocenters. The van der Waals surface area contributed by atoms with Gasteiger partial charge in [-0.3, -0.25) is 4.79 Å². The van der Waals surface area contributed by atoms with E-state index >= 15 is 0 Å². The lowest BCUT2D eigenvalue weighted by Gasteiger charge is -2.22. The van der Waals surface area contributed by atoms with Gasteiger partial charge in [0.25, 0.3) is 0 Å². The maximum atomic E-state index is 11.8. The van der Waals surface area contributed by atoms with E-state index in [2.05, 4.69) is 0 Å². The van der Waals surface area contributed by atoms with E-state index in [0.717, 1.165) is 0 Å². The first-order valence-corrected chi connectivity index (χ1v) is 6.72. The van der Waals surface area contributed by atoms with E-state index in [0.29, 0.717) is 6.42 Å². The fraction of sp³-hybridized carbons (Fsp3) is 0.889. The predicted octanol–water partition coefficient (Wildman–Crippen LogP) is -0.242. The zero-order valence-electron chi connectivity index (χ0n) is 9.42. The van der Waals surface area contributed by atoms with E-state index in [1.54, 1.807) is 6.92 Å². The highest BCUT2D eigenvalue weighted by molar-refractivity contribution is 7.89. The molecule has 1 fully saturated rings. The molecule has 0 aromatic carbocycles. The van der Waals surface area contributed by atoms with Crippen LogP contribution in [0.25, 0.3) is 0 Å². The second-order valence-electron chi connectivity index (χ2n) is 3.89. The van der Waals surface area contributed by atoms with Crippen molar-refractivity contribution in [2.45, 2.75) is 19.4 Å². The molecule has 1 heterocycles. The van der Waals surface area contributed by atoms with Crippen LogP contribution in [0.1, 0.15) is 13.3 Å². The lowest BCUT2D eigenvalue weighted by Crippen LogP contribution is -2.39. The number of nitrogens with zero attached hydrogens (tertiary/aromatic N) is 1. The van der Waals surface area contributed by atoms with Crippen molar-refractivity contribution in [1.29, 1.82) is 0 Å². The minimum absolute atomic E-state index is 0.0970. The monoisotopic (exact) mass is 251 g/mol. The van der Waals surface area contributed by atoms with Crippen LogP contribution in [0, 0.1) is 5.92 Å². The average Bonchev–Trinajstić information content (AvgIpc) is 2.58. The molecule has 1 aliphatic heterocycles. The molecule has 6 nitrogen and oxygen atoms in total. The average molecular weight is 251 g/mol. The molecule has 1 saturated heterocycles. The first-order chi connectivity index (χ1) is 7.40. The molecule has 0 amide bonds. The predicted molar refractivity (Wildman–Crippen MR) is 57.6 cm³/mol. The second-order valence-corrected chi connectivity index (χ2v) is 5.93. The molecule has 0 aromatic heterocycles. The normalized spacial score (nSPS) is 27.1. The lowest BCUT2D eigenvalue weighted by atomic mass is 10.0. The van der Waals surface area contributed by atoms with E-state index in [-0.39, 0.29) is 18.9 Å². The number of rotatable bonds is 5. The summed E-state index contributed by atoms with van der Waals surface area (Å²) in [6, 6.07) is -0.473. The molecular formula is C9H17NO5S. The third kappa shape index (κ3) is 2.72. The summed E-state index contributed by atoms with van der Waals surface area (Å²) in [5.41, 5.74) is 0. The lowest BCUT2D eigenvalue weighted by molar-refractivity contribution is -0.142. The van der Waals surface area contributed by atoms with Crippen molar-refractivity contribution in [3.63, 3.8) is 0 Å². The Kier molecular flexibility index (Phi) is 4.28. The molecule has 0 spiro atoms. The van der Waals surface area contributed by atoms with Crippen molar-refractivity contribution >= 4 is 16.0 Å². The highest BCUT2D eigenvalue weighted by atomic mass is 32.2. The van der Waals surface area contributed by atoms with Crippen LogP contribution in [0.3, 0.4) is 0 Å². The molecule has 0 bridgehead atoms. The van der Waals surface area contributed by atoms with Gasteiger partial charge in [0.2, 0.25) is 10.0 Å². The first-order valence-electron chi connectivity index (χ1n) is 5.11. The Morgan fingerprint density at radius 1 is 1.56 bits per heavy atom. The van der Waals surface area contributed by atoms with Gasteiger partial charge in [0.05, 0.1) is 18.3 Å². The van der Waals surface area contributed by atoms with E-state index in [9.17, 15) is 13.2 Å². The summed E-state index contributed by atoms with van der Waals surface area (Å²) in [4.78, 5) is 10.9. The van der Waals surface area contributed by atoms with Crippen molar-refractivity contribution in [2.24, 2.45) is 5.92 Å². The Morgan fingerprint density at radius 2 is 2.19 bits per heavy atom. The van der Waals surface area contributed by atoms with Crippen LogP contribution in [0.5, 0.6) is 0 Å². The molecule has 7 heteroatoms. The van der Waals surface area contributed by atoms with Crippen molar-refractivity contribution in [1.82, 2.24) is 4.31 Å². The van der Waals surface area contributed by atoms with Crippen LogP contribution in [0.2, 0.25) is 0 Å². The Labute approximate surface area is 95.2 Å². The number of aliphatic carboxylic acids is 1. The zero-order valence-corrected chi connectivity index (χ0v) is 10.2. The molecule has 1 rings (SSSR count). The summed E-state index contributed by atoms with van der Waals surface area (Å²) >= 11 is 0. The number of hydrogen-bond acceptors (Lipinski definition) is 4. The maximum Gasteiger partial charge on any atom is 0.308 e. The van der Waals surface area contributed by atoms with E-state index in [1.807, 2.05) is 0 Å². The van der Waals surface area contributed by atoms with Crippen molar-refractivity contribution in [3.8, 4) is 0 Å². The smallest absolute Gasteiger partial charge is 0.308 e. The van der Waals surface area contributed by atoms with Gasteiger partial charge in [-0.2, -0.15) is 4.31 Å². The van der Waals surface area contributed by atoms with Crippen LogP contribution in [0.4, 0.5) is 0 Å². The molecule has 0 radical (unpaired) electrons. The summed E-state index contributed by atoms with van der Waals surface area (Å²) in [5.74, 6) is -1.63. The van der Waals surface area contributed by atoms with Crippen molar-refractivity contribution in [3.05, 3.63) is 0 Å². The van der Waals surface area contributed by atoms with E-state index in [1.165, 1.54) is 11.4 Å². The standard InChI is InChI=1S/C9H17NO5S/c1-7-8(9(11)12)3-4-10(7)16(13,14)6-5-15-2/h7-8H,3-6H2,1-2H3,(H,11,12). The first kappa shape index (κ1) is 13.4. The molecule has 94 valence electrons. The van der Waals surface area contributed by atoms with Gasteiger partial charge in [-0.15, -0.1) is 0 Å². The van der Waals surface area contributed by atoms with Crippen LogP contribution in [-0.2, 0) is 19.6 Å². The van der Waals surface area contributed by atoms with Gasteiger partial charge >= 0.3 is 5.97 Å². The molecule has 2 unspecified atom stereocenters. The van der Waals surface area contributed by atoms with Gasteiger partial charge in [-0.05, 0) is 13.3 Å². The number of sulfonamides is 1. The zero-order chi connectivity index (χ0) is 12.3. The number of ether oxygens (including phenoxy) is 1. The molecular weight excluding hydrogens is 234 g/mol. The molecule has 0 saturated carbocycles. The Hall–Kier alpha value is -0.660. The minimum Gasteiger partial charge on any atom is -0.481 e. The third-order valence-corrected chi connectivity index (χ3v) is 4.83. The summed E-state index contributed by atoms with van der Waals surface area (Å²) in [5, 5.41) is 8.90. The van der Waals surface area contributed by atoms with Crippen LogP contribution >= 0.6 is 0 Å². The van der Waals surface area contributed by atoms with Crippen molar-refractivity contribution < 1.29 is 23.1 Å². The summed E-state index contributed by atoms with van der Waals surface area (Å²) in [6.07, 6.45) is 0.378. The quantitative estimate of drug-likeness (QED) is 0.729. The summed E-state index contributed by atoms with van der Waals surface area (Å²) < 4.78 is 29.6. The SMILES string of the molecule is COCCS(=O)(=O)N1CCC(C(=O)O)C1C. The maximum absolute atomic E-state index is 11.8. The number of carboxylic acid groups (broad SMARTS) is 1. The van der Waals surface area contributed by atoms with Crippen LogP contribution < -0.4 is 0 Å². The van der Waals surface area contributed by atoms with Gasteiger partial charge in [0.1, 0.15) is 0 Å². The van der Waals surface area contributed by atoms with Gasteiger partial charge in [0, 0.05) is 19.7 Å². The second kappa shape index (κ2) is 5.11. The Balaban J connectivity index is 2.73. The fourth-order valence-corrected chi connectivity index (χ4v) is 3.59. The summed E-state index contributed by atoms with van der Waals surface area (Å²) in [6.45, 7) is 2.05. The Morgan fingerprint density at radius 3 is 2.62 bits per heavy atom. The molecule has 1 aliphatic rings. The number of carbonyl (C=O) groups is 1. The van der Waals surface area contributed by atoms with E-state index < -0.39 is 28.0 Å². The van der Waals surface area contributed by atoms with Crippen LogP contribution in [-0.4, -0.2) is 55.9 Å². The van der Waals surface area contributed by atoms with Gasteiger partial charge in [-0.25, -0.2) is 8.42 Å². The van der Waals surface area contributed by atoms with Gasteiger partial charge in [0.15, 0.2) is 0 Å². The number of methoxy groups -OCH3 is 1. The van der Waals surface area contributed by atoms with Crippen molar-refractivity contribution in [2.75, 3.05) is 26.0 Å². The van der Waals surface area contributed by atoms with Crippen LogP contribution in [0.15, 0.2) is 0 Å². The molecule has 1 N–H and O–H groups in total. The van der Waals surface area contributed by atoms with Gasteiger partial charge in [-0.1, -0.05) is 0 Å². The molecule has 16 heavy (non-hydrogen) atoms. The van der Waals surface area contributed by atoms with E-state index in [4.69, 9.17) is 9.84 Å². The highest BCUT2D eigenvalue weighted by Gasteiger charge is 2.41. The topological polar surface area (TPSA) is 83.9 Å². The molecule has 0 aromatic rings. The highest BCUT2D eigenvalue weighted by Crippen LogP contribution is 2.27. The largest absolute Gasteiger partial charge is 0.481 e. The molecule has 0 aliphatic carbocycles. The Bertz CT molecular complexity index is 353. The number of carboxylic acids is 1.